The number of pyridine rings is 1. The zero-order chi connectivity index (χ0) is 16.4. The van der Waals surface area contributed by atoms with E-state index in [1.807, 2.05) is 18.2 Å². The molecule has 0 fully saturated rings. The molecule has 1 atom stereocenters. The topological polar surface area (TPSA) is 72.4 Å². The van der Waals surface area contributed by atoms with Gasteiger partial charge in [0.15, 0.2) is 0 Å². The molecule has 1 amide bonds. The van der Waals surface area contributed by atoms with Crippen molar-refractivity contribution in [3.8, 4) is 0 Å². The first kappa shape index (κ1) is 15.5. The molecule has 0 aliphatic carbocycles. The van der Waals surface area contributed by atoms with Crippen molar-refractivity contribution in [1.82, 2.24) is 14.7 Å². The summed E-state index contributed by atoms with van der Waals surface area (Å²) in [6.07, 6.45) is 3.37. The Kier molecular flexibility index (Phi) is 4.27. The van der Waals surface area contributed by atoms with E-state index in [1.165, 1.54) is 12.1 Å². The average molecular weight is 333 g/mol. The smallest absolute Gasteiger partial charge is 0.287 e. The van der Waals surface area contributed by atoms with E-state index in [4.69, 9.17) is 17.3 Å². The fourth-order valence-corrected chi connectivity index (χ4v) is 2.53. The molecule has 2 heterocycles. The predicted molar refractivity (Wildman–Crippen MR) is 85.9 cm³/mol. The Labute approximate surface area is 136 Å². The summed E-state index contributed by atoms with van der Waals surface area (Å²) in [6, 6.07) is 9.03. The van der Waals surface area contributed by atoms with Gasteiger partial charge in [-0.05, 0) is 35.9 Å². The number of halogens is 2. The third-order valence-corrected chi connectivity index (χ3v) is 3.66. The number of nitrogens with one attached hydrogen (secondary N) is 1. The Bertz CT molecular complexity index is 844. The Morgan fingerprint density at radius 2 is 2.22 bits per heavy atom. The molecule has 0 spiro atoms. The van der Waals surface area contributed by atoms with Crippen molar-refractivity contribution in [1.29, 1.82) is 0 Å². The van der Waals surface area contributed by atoms with Gasteiger partial charge in [0.05, 0.1) is 11.7 Å². The minimum absolute atomic E-state index is 0.139. The molecule has 0 aliphatic rings. The lowest BCUT2D eigenvalue weighted by molar-refractivity contribution is 0.0940. The molecule has 3 aromatic rings. The summed E-state index contributed by atoms with van der Waals surface area (Å²) in [4.78, 5) is 16.3. The first-order valence-electron chi connectivity index (χ1n) is 6.96. The highest BCUT2D eigenvalue weighted by Crippen LogP contribution is 2.18. The van der Waals surface area contributed by atoms with Crippen LogP contribution in [0, 0.1) is 5.82 Å². The normalized spacial score (nSPS) is 12.3. The van der Waals surface area contributed by atoms with Crippen LogP contribution in [0.4, 0.5) is 4.39 Å². The van der Waals surface area contributed by atoms with Gasteiger partial charge in [0, 0.05) is 23.8 Å². The minimum Gasteiger partial charge on any atom is -0.347 e. The number of carbonyl (C=O) groups is 1. The highest BCUT2D eigenvalue weighted by Gasteiger charge is 2.15. The molecule has 2 aromatic heterocycles. The number of imidazole rings is 1. The Balaban J connectivity index is 1.71. The monoisotopic (exact) mass is 332 g/mol. The summed E-state index contributed by atoms with van der Waals surface area (Å²) in [5.74, 6) is -0.548. The largest absolute Gasteiger partial charge is 0.347 e. The van der Waals surface area contributed by atoms with E-state index in [2.05, 4.69) is 10.3 Å². The van der Waals surface area contributed by atoms with E-state index in [0.717, 1.165) is 5.52 Å². The van der Waals surface area contributed by atoms with Crippen LogP contribution in [0.25, 0.3) is 5.52 Å². The molecule has 1 aromatic carbocycles. The lowest BCUT2D eigenvalue weighted by Gasteiger charge is -2.13. The number of amides is 1. The fraction of sp³-hybridized carbons (Fsp3) is 0.125. The summed E-state index contributed by atoms with van der Waals surface area (Å²) in [5.41, 5.74) is 7.32. The van der Waals surface area contributed by atoms with Crippen molar-refractivity contribution >= 4 is 23.0 Å². The molecule has 5 nitrogen and oxygen atoms in total. The van der Waals surface area contributed by atoms with Crippen LogP contribution in [0.2, 0.25) is 5.02 Å². The zero-order valence-corrected chi connectivity index (χ0v) is 12.8. The molecule has 0 radical (unpaired) electrons. The van der Waals surface area contributed by atoms with Gasteiger partial charge in [-0.15, -0.1) is 0 Å². The van der Waals surface area contributed by atoms with Crippen LogP contribution >= 0.6 is 11.6 Å². The lowest BCUT2D eigenvalue weighted by Crippen LogP contribution is -2.33. The third-order valence-electron chi connectivity index (χ3n) is 3.44. The maximum atomic E-state index is 13.3. The van der Waals surface area contributed by atoms with Crippen LogP contribution in [0.15, 0.2) is 48.8 Å². The van der Waals surface area contributed by atoms with Crippen LogP contribution in [0.1, 0.15) is 22.2 Å². The van der Waals surface area contributed by atoms with E-state index in [0.29, 0.717) is 5.56 Å². The van der Waals surface area contributed by atoms with Crippen molar-refractivity contribution in [2.24, 2.45) is 5.73 Å². The Morgan fingerprint density at radius 1 is 1.39 bits per heavy atom. The van der Waals surface area contributed by atoms with Gasteiger partial charge in [-0.3, -0.25) is 9.20 Å². The highest BCUT2D eigenvalue weighted by atomic mass is 35.5. The van der Waals surface area contributed by atoms with Crippen LogP contribution in [0.3, 0.4) is 0 Å². The number of nitrogens with zero attached hydrogens (tertiary/aromatic N) is 2. The van der Waals surface area contributed by atoms with Gasteiger partial charge in [-0.1, -0.05) is 17.7 Å². The molecular weight excluding hydrogens is 319 g/mol. The molecule has 0 bridgehead atoms. The number of rotatable bonds is 4. The van der Waals surface area contributed by atoms with E-state index in [9.17, 15) is 9.18 Å². The van der Waals surface area contributed by atoms with Crippen LogP contribution < -0.4 is 11.1 Å². The van der Waals surface area contributed by atoms with E-state index in [-0.39, 0.29) is 23.3 Å². The molecule has 3 rings (SSSR count). The molecule has 7 heteroatoms. The fourth-order valence-electron chi connectivity index (χ4n) is 2.30. The molecule has 0 saturated carbocycles. The summed E-state index contributed by atoms with van der Waals surface area (Å²) < 4.78 is 15.0. The molecule has 3 N–H and O–H groups in total. The number of carbonyl (C=O) groups excluding carboxylic acids is 1. The van der Waals surface area contributed by atoms with Gasteiger partial charge in [0.1, 0.15) is 5.82 Å². The van der Waals surface area contributed by atoms with Gasteiger partial charge in [0.2, 0.25) is 5.82 Å². The van der Waals surface area contributed by atoms with E-state index < -0.39 is 11.9 Å². The molecule has 1 unspecified atom stereocenters. The summed E-state index contributed by atoms with van der Waals surface area (Å²) >= 11 is 5.81. The van der Waals surface area contributed by atoms with E-state index >= 15 is 0 Å². The number of nitrogens with two attached hydrogens (primary N) is 1. The van der Waals surface area contributed by atoms with Gasteiger partial charge in [-0.25, -0.2) is 9.37 Å². The van der Waals surface area contributed by atoms with E-state index in [1.54, 1.807) is 22.9 Å². The SMILES string of the molecule is NC(CNC(=O)c1ncc2ccccn12)c1cc(F)cc(Cl)c1. The average Bonchev–Trinajstić information content (AvgIpc) is 2.95. The van der Waals surface area contributed by atoms with Gasteiger partial charge in [0.25, 0.3) is 5.91 Å². The van der Waals surface area contributed by atoms with Crippen molar-refractivity contribution in [3.05, 3.63) is 71.0 Å². The van der Waals surface area contributed by atoms with Gasteiger partial charge >= 0.3 is 0 Å². The molecule has 118 valence electrons. The lowest BCUT2D eigenvalue weighted by atomic mass is 10.1. The minimum atomic E-state index is -0.571. The maximum absolute atomic E-state index is 13.3. The molecule has 23 heavy (non-hydrogen) atoms. The number of benzene rings is 1. The quantitative estimate of drug-likeness (QED) is 0.771. The molecule has 0 saturated heterocycles. The maximum Gasteiger partial charge on any atom is 0.287 e. The third kappa shape index (κ3) is 3.33. The summed E-state index contributed by atoms with van der Waals surface area (Å²) in [7, 11) is 0. The van der Waals surface area contributed by atoms with Crippen LogP contribution in [0.5, 0.6) is 0 Å². The van der Waals surface area contributed by atoms with Crippen molar-refractivity contribution in [2.75, 3.05) is 6.54 Å². The second-order valence-electron chi connectivity index (χ2n) is 5.10. The van der Waals surface area contributed by atoms with Crippen LogP contribution in [-0.4, -0.2) is 21.8 Å². The van der Waals surface area contributed by atoms with Crippen molar-refractivity contribution in [2.45, 2.75) is 6.04 Å². The second kappa shape index (κ2) is 6.36. The number of aromatic nitrogens is 2. The summed E-state index contributed by atoms with van der Waals surface area (Å²) in [5, 5.41) is 2.97. The highest BCUT2D eigenvalue weighted by molar-refractivity contribution is 6.30. The first-order chi connectivity index (χ1) is 11.0. The van der Waals surface area contributed by atoms with Crippen molar-refractivity contribution < 1.29 is 9.18 Å². The second-order valence-corrected chi connectivity index (χ2v) is 5.53. The Morgan fingerprint density at radius 3 is 3.00 bits per heavy atom. The standard InChI is InChI=1S/C16H14ClFN4O/c17-11-5-10(6-12(18)7-11)14(19)9-21-16(23)15-20-8-13-3-1-2-4-22(13)15/h1-8,14H,9,19H2,(H,21,23). The number of fused-ring (bicyclic) bond motifs is 1. The Hall–Kier alpha value is -2.44. The zero-order valence-electron chi connectivity index (χ0n) is 12.0. The first-order valence-corrected chi connectivity index (χ1v) is 7.34. The van der Waals surface area contributed by atoms with Crippen molar-refractivity contribution in [3.63, 3.8) is 0 Å². The van der Waals surface area contributed by atoms with Gasteiger partial charge < -0.3 is 11.1 Å². The predicted octanol–water partition coefficient (Wildman–Crippen LogP) is 2.56. The summed E-state index contributed by atoms with van der Waals surface area (Å²) in [6.45, 7) is 0.139. The van der Waals surface area contributed by atoms with Gasteiger partial charge in [-0.2, -0.15) is 0 Å². The van der Waals surface area contributed by atoms with Crippen LogP contribution in [-0.2, 0) is 0 Å². The number of hydrogen-bond donors (Lipinski definition) is 2. The number of hydrogen-bond acceptors (Lipinski definition) is 3. The molecular formula is C16H14ClFN4O. The molecule has 0 aliphatic heterocycles.